The van der Waals surface area contributed by atoms with Gasteiger partial charge >= 0.3 is 5.69 Å². The predicted molar refractivity (Wildman–Crippen MR) is 119 cm³/mol. The summed E-state index contributed by atoms with van der Waals surface area (Å²) in [5.41, 5.74) is 3.90. The largest absolute Gasteiger partial charge is 0.355 e. The lowest BCUT2D eigenvalue weighted by atomic mass is 10.0. The topological polar surface area (TPSA) is 81.0 Å². The molecule has 0 aliphatic carbocycles. The van der Waals surface area contributed by atoms with Gasteiger partial charge < -0.3 is 15.3 Å². The molecule has 6 nitrogen and oxygen atoms in total. The third-order valence-electron chi connectivity index (χ3n) is 5.96. The van der Waals surface area contributed by atoms with E-state index in [1.54, 1.807) is 0 Å². The van der Waals surface area contributed by atoms with Gasteiger partial charge in [-0.2, -0.15) is 0 Å². The molecule has 1 aliphatic heterocycles. The summed E-state index contributed by atoms with van der Waals surface area (Å²) in [4.78, 5) is 31.8. The SMILES string of the molecule is O=C(CCCc1ccc2[nH]c(=O)[nH]c2c1)NCC1CCCCN1Cc1ccccc1. The Kier molecular flexibility index (Phi) is 6.64. The Bertz CT molecular complexity index is 1020. The van der Waals surface area contributed by atoms with Crippen molar-refractivity contribution in [3.05, 3.63) is 70.1 Å². The van der Waals surface area contributed by atoms with E-state index < -0.39 is 0 Å². The minimum absolute atomic E-state index is 0.122. The van der Waals surface area contributed by atoms with Gasteiger partial charge in [0.2, 0.25) is 5.91 Å². The van der Waals surface area contributed by atoms with Crippen LogP contribution in [0.4, 0.5) is 0 Å². The van der Waals surface area contributed by atoms with Crippen molar-refractivity contribution in [1.29, 1.82) is 0 Å². The van der Waals surface area contributed by atoms with Gasteiger partial charge in [-0.25, -0.2) is 4.79 Å². The zero-order chi connectivity index (χ0) is 20.8. The van der Waals surface area contributed by atoms with Crippen LogP contribution in [0.25, 0.3) is 11.0 Å². The molecule has 1 atom stereocenters. The van der Waals surface area contributed by atoms with Crippen LogP contribution in [0, 0.1) is 0 Å². The number of aryl methyl sites for hydroxylation is 1. The molecule has 4 rings (SSSR count). The molecule has 2 aromatic carbocycles. The Morgan fingerprint density at radius 1 is 1.03 bits per heavy atom. The highest BCUT2D eigenvalue weighted by Gasteiger charge is 2.22. The second-order valence-corrected chi connectivity index (χ2v) is 8.22. The average molecular weight is 407 g/mol. The molecule has 0 radical (unpaired) electrons. The Labute approximate surface area is 176 Å². The van der Waals surface area contributed by atoms with Crippen molar-refractivity contribution in [2.75, 3.05) is 13.1 Å². The minimum Gasteiger partial charge on any atom is -0.355 e. The number of likely N-dealkylation sites (tertiary alicyclic amines) is 1. The average Bonchev–Trinajstić information content (AvgIpc) is 3.13. The van der Waals surface area contributed by atoms with Crippen LogP contribution in [0.5, 0.6) is 0 Å². The Hall–Kier alpha value is -2.86. The molecule has 0 spiro atoms. The van der Waals surface area contributed by atoms with Crippen molar-refractivity contribution in [2.45, 2.75) is 51.1 Å². The maximum absolute atomic E-state index is 12.4. The smallest absolute Gasteiger partial charge is 0.323 e. The number of carbonyl (C=O) groups is 1. The highest BCUT2D eigenvalue weighted by molar-refractivity contribution is 5.76. The van der Waals surface area contributed by atoms with Gasteiger partial charge in [0.1, 0.15) is 0 Å². The first-order valence-corrected chi connectivity index (χ1v) is 10.9. The van der Waals surface area contributed by atoms with E-state index in [9.17, 15) is 9.59 Å². The molecular formula is C24H30N4O2. The molecule has 1 fully saturated rings. The Morgan fingerprint density at radius 3 is 2.73 bits per heavy atom. The number of hydrogen-bond donors (Lipinski definition) is 3. The number of aromatic amines is 2. The number of H-pyrrole nitrogens is 2. The van der Waals surface area contributed by atoms with E-state index >= 15 is 0 Å². The number of nitrogens with zero attached hydrogens (tertiary/aromatic N) is 1. The summed E-state index contributed by atoms with van der Waals surface area (Å²) >= 11 is 0. The molecular weight excluding hydrogens is 376 g/mol. The van der Waals surface area contributed by atoms with Gasteiger partial charge in [0.25, 0.3) is 0 Å². The van der Waals surface area contributed by atoms with Crippen LogP contribution in [-0.4, -0.2) is 39.9 Å². The van der Waals surface area contributed by atoms with Gasteiger partial charge in [-0.15, -0.1) is 0 Å². The molecule has 6 heteroatoms. The molecule has 2 heterocycles. The fraction of sp³-hybridized carbons (Fsp3) is 0.417. The third-order valence-corrected chi connectivity index (χ3v) is 5.96. The lowest BCUT2D eigenvalue weighted by Crippen LogP contribution is -2.46. The fourth-order valence-electron chi connectivity index (χ4n) is 4.33. The molecule has 30 heavy (non-hydrogen) atoms. The van der Waals surface area contributed by atoms with Crippen molar-refractivity contribution in [1.82, 2.24) is 20.2 Å². The molecule has 1 aliphatic rings. The predicted octanol–water partition coefficient (Wildman–Crippen LogP) is 3.35. The summed E-state index contributed by atoms with van der Waals surface area (Å²) in [6.07, 6.45) is 5.74. The number of benzene rings is 2. The van der Waals surface area contributed by atoms with Gasteiger partial charge in [0.05, 0.1) is 11.0 Å². The second kappa shape index (κ2) is 9.76. The first kappa shape index (κ1) is 20.4. The molecule has 3 N–H and O–H groups in total. The van der Waals surface area contributed by atoms with Gasteiger partial charge in [-0.05, 0) is 55.5 Å². The van der Waals surface area contributed by atoms with E-state index in [4.69, 9.17) is 0 Å². The summed E-state index contributed by atoms with van der Waals surface area (Å²) in [7, 11) is 0. The van der Waals surface area contributed by atoms with Gasteiger partial charge in [-0.3, -0.25) is 9.69 Å². The van der Waals surface area contributed by atoms with E-state index in [1.165, 1.54) is 18.4 Å². The van der Waals surface area contributed by atoms with E-state index in [1.807, 2.05) is 24.3 Å². The van der Waals surface area contributed by atoms with Crippen molar-refractivity contribution in [3.8, 4) is 0 Å². The summed E-state index contributed by atoms with van der Waals surface area (Å²) in [6.45, 7) is 2.77. The molecule has 1 aromatic heterocycles. The number of hydrogen-bond acceptors (Lipinski definition) is 3. The lowest BCUT2D eigenvalue weighted by molar-refractivity contribution is -0.121. The van der Waals surface area contributed by atoms with Crippen molar-refractivity contribution < 1.29 is 4.79 Å². The number of imidazole rings is 1. The zero-order valence-corrected chi connectivity index (χ0v) is 17.3. The number of fused-ring (bicyclic) bond motifs is 1. The molecule has 3 aromatic rings. The lowest BCUT2D eigenvalue weighted by Gasteiger charge is -2.36. The molecule has 158 valence electrons. The van der Waals surface area contributed by atoms with Crippen LogP contribution in [0.3, 0.4) is 0 Å². The highest BCUT2D eigenvalue weighted by atomic mass is 16.1. The van der Waals surface area contributed by atoms with Gasteiger partial charge in [-0.1, -0.05) is 42.8 Å². The van der Waals surface area contributed by atoms with E-state index in [-0.39, 0.29) is 11.6 Å². The molecule has 1 amide bonds. The molecule has 1 unspecified atom stereocenters. The maximum atomic E-state index is 12.4. The third kappa shape index (κ3) is 5.39. The summed E-state index contributed by atoms with van der Waals surface area (Å²) < 4.78 is 0. The number of rotatable bonds is 8. The van der Waals surface area contributed by atoms with Crippen LogP contribution < -0.4 is 11.0 Å². The van der Waals surface area contributed by atoms with Crippen molar-refractivity contribution >= 4 is 16.9 Å². The monoisotopic (exact) mass is 406 g/mol. The number of nitrogens with one attached hydrogen (secondary N) is 3. The standard InChI is InChI=1S/C24H30N4O2/c29-23(11-6-9-18-12-13-21-22(15-18)27-24(30)26-21)25-16-20-10-4-5-14-28(20)17-19-7-2-1-3-8-19/h1-3,7-8,12-13,15,20H,4-6,9-11,14,16-17H2,(H,25,29)(H2,26,27,30). The fourth-order valence-corrected chi connectivity index (χ4v) is 4.33. The Balaban J connectivity index is 1.22. The zero-order valence-electron chi connectivity index (χ0n) is 17.3. The van der Waals surface area contributed by atoms with Crippen molar-refractivity contribution in [2.24, 2.45) is 0 Å². The normalized spacial score (nSPS) is 17.3. The first-order chi connectivity index (χ1) is 14.7. The summed E-state index contributed by atoms with van der Waals surface area (Å²) in [5.74, 6) is 0.122. The number of aromatic nitrogens is 2. The molecule has 0 saturated carbocycles. The number of amides is 1. The first-order valence-electron chi connectivity index (χ1n) is 10.9. The van der Waals surface area contributed by atoms with E-state index in [2.05, 4.69) is 44.5 Å². The summed E-state index contributed by atoms with van der Waals surface area (Å²) in [5, 5.41) is 3.15. The van der Waals surface area contributed by atoms with E-state index in [0.717, 1.165) is 55.5 Å². The van der Waals surface area contributed by atoms with Gasteiger partial charge in [0.15, 0.2) is 0 Å². The summed E-state index contributed by atoms with van der Waals surface area (Å²) in [6, 6.07) is 16.9. The number of carbonyl (C=O) groups excluding carboxylic acids is 1. The highest BCUT2D eigenvalue weighted by Crippen LogP contribution is 2.19. The minimum atomic E-state index is -0.189. The second-order valence-electron chi connectivity index (χ2n) is 8.22. The molecule has 1 saturated heterocycles. The van der Waals surface area contributed by atoms with Gasteiger partial charge in [0, 0.05) is 25.6 Å². The molecule has 0 bridgehead atoms. The number of piperidine rings is 1. The van der Waals surface area contributed by atoms with Crippen LogP contribution in [0.1, 0.15) is 43.2 Å². The van der Waals surface area contributed by atoms with E-state index in [0.29, 0.717) is 12.5 Å². The van der Waals surface area contributed by atoms with Crippen molar-refractivity contribution in [3.63, 3.8) is 0 Å². The Morgan fingerprint density at radius 2 is 1.87 bits per heavy atom. The van der Waals surface area contributed by atoms with Crippen LogP contribution in [0.2, 0.25) is 0 Å². The van der Waals surface area contributed by atoms with Crippen LogP contribution >= 0.6 is 0 Å². The van der Waals surface area contributed by atoms with Crippen LogP contribution in [-0.2, 0) is 17.8 Å². The maximum Gasteiger partial charge on any atom is 0.323 e. The van der Waals surface area contributed by atoms with Crippen LogP contribution in [0.15, 0.2) is 53.3 Å². The quantitative estimate of drug-likeness (QED) is 0.537.